The average Bonchev–Trinajstić information content (AvgIpc) is 2.55. The zero-order chi connectivity index (χ0) is 16.7. The highest BCUT2D eigenvalue weighted by Gasteiger charge is 2.43. The van der Waals surface area contributed by atoms with Gasteiger partial charge < -0.3 is 10.4 Å². The third-order valence-corrected chi connectivity index (χ3v) is 3.71. The lowest BCUT2D eigenvalue weighted by molar-refractivity contribution is -0.212. The molecule has 0 amide bonds. The van der Waals surface area contributed by atoms with E-state index in [4.69, 9.17) is 0 Å². The first kappa shape index (κ1) is 17.5. The van der Waals surface area contributed by atoms with Crippen LogP contribution in [0.5, 0.6) is 0 Å². The normalized spacial score (nSPS) is 14.4. The number of nitrogens with one attached hydrogen (secondary N) is 1. The van der Waals surface area contributed by atoms with E-state index in [9.17, 15) is 18.3 Å². The summed E-state index contributed by atoms with van der Waals surface area (Å²) in [6.07, 6.45) is -6.34. The predicted molar refractivity (Wildman–Crippen MR) is 83.9 cm³/mol. The van der Waals surface area contributed by atoms with Crippen LogP contribution < -0.4 is 5.32 Å². The van der Waals surface area contributed by atoms with Crippen molar-refractivity contribution in [1.29, 1.82) is 0 Å². The molecule has 2 atom stereocenters. The summed E-state index contributed by atoms with van der Waals surface area (Å²) in [7, 11) is 0. The van der Waals surface area contributed by atoms with Crippen molar-refractivity contribution in [3.63, 3.8) is 0 Å². The van der Waals surface area contributed by atoms with Crippen LogP contribution in [0.4, 0.5) is 13.2 Å². The van der Waals surface area contributed by atoms with Gasteiger partial charge in [-0.25, -0.2) is 0 Å². The quantitative estimate of drug-likeness (QED) is 0.814. The Morgan fingerprint density at radius 1 is 0.870 bits per heavy atom. The lowest BCUT2D eigenvalue weighted by Crippen LogP contribution is -2.47. The van der Waals surface area contributed by atoms with Crippen LogP contribution in [0.2, 0.25) is 0 Å². The second-order valence-electron chi connectivity index (χ2n) is 5.48. The molecule has 2 N–H and O–H groups in total. The molecule has 0 radical (unpaired) electrons. The standard InChI is InChI=1S/C18H20F3NO/c19-18(20,21)17(23)16(12-11-14-7-3-1-4-8-14)22-13-15-9-5-2-6-10-15/h1-10,16-17,22-23H,11-13H2/t16-,17-/m1/s1. The molecule has 0 saturated carbocycles. The van der Waals surface area contributed by atoms with E-state index < -0.39 is 18.3 Å². The minimum absolute atomic E-state index is 0.206. The van der Waals surface area contributed by atoms with Crippen LogP contribution in [0.15, 0.2) is 60.7 Å². The molecular weight excluding hydrogens is 303 g/mol. The van der Waals surface area contributed by atoms with E-state index >= 15 is 0 Å². The number of hydrogen-bond acceptors (Lipinski definition) is 2. The summed E-state index contributed by atoms with van der Waals surface area (Å²) in [4.78, 5) is 0. The minimum atomic E-state index is -4.63. The second kappa shape index (κ2) is 8.13. The van der Waals surface area contributed by atoms with Gasteiger partial charge in [0.05, 0.1) is 0 Å². The number of aliphatic hydroxyl groups excluding tert-OH is 1. The first-order valence-electron chi connectivity index (χ1n) is 7.53. The maximum absolute atomic E-state index is 12.9. The van der Waals surface area contributed by atoms with Crippen molar-refractivity contribution in [3.05, 3.63) is 71.8 Å². The molecule has 0 unspecified atom stereocenters. The number of hydrogen-bond donors (Lipinski definition) is 2. The van der Waals surface area contributed by atoms with Gasteiger partial charge in [-0.15, -0.1) is 0 Å². The number of aliphatic hydroxyl groups is 1. The number of halogens is 3. The molecule has 2 rings (SSSR count). The summed E-state index contributed by atoms with van der Waals surface area (Å²) in [6, 6.07) is 17.4. The number of benzene rings is 2. The van der Waals surface area contributed by atoms with Crippen molar-refractivity contribution >= 4 is 0 Å². The van der Waals surface area contributed by atoms with E-state index in [1.807, 2.05) is 60.7 Å². The molecule has 0 aliphatic rings. The fourth-order valence-electron chi connectivity index (χ4n) is 2.41. The fraction of sp³-hybridized carbons (Fsp3) is 0.333. The molecule has 0 saturated heterocycles. The summed E-state index contributed by atoms with van der Waals surface area (Å²) in [5, 5.41) is 12.5. The van der Waals surface area contributed by atoms with Crippen molar-refractivity contribution in [2.75, 3.05) is 0 Å². The lowest BCUT2D eigenvalue weighted by atomic mass is 10.0. The molecule has 5 heteroatoms. The van der Waals surface area contributed by atoms with Crippen molar-refractivity contribution < 1.29 is 18.3 Å². The Balaban J connectivity index is 1.99. The molecule has 124 valence electrons. The Kier molecular flexibility index (Phi) is 6.19. The molecule has 0 aliphatic heterocycles. The molecule has 0 fully saturated rings. The lowest BCUT2D eigenvalue weighted by Gasteiger charge is -2.26. The van der Waals surface area contributed by atoms with Gasteiger partial charge in [0.2, 0.25) is 0 Å². The van der Waals surface area contributed by atoms with Gasteiger partial charge >= 0.3 is 6.18 Å². The summed E-state index contributed by atoms with van der Waals surface area (Å²) < 4.78 is 38.6. The number of aryl methyl sites for hydroxylation is 1. The summed E-state index contributed by atoms with van der Waals surface area (Å²) >= 11 is 0. The Hall–Kier alpha value is -1.85. The Labute approximate surface area is 134 Å². The van der Waals surface area contributed by atoms with Crippen LogP contribution in [0.1, 0.15) is 17.5 Å². The molecule has 2 nitrogen and oxygen atoms in total. The van der Waals surface area contributed by atoms with Gasteiger partial charge in [-0.3, -0.25) is 0 Å². The second-order valence-corrected chi connectivity index (χ2v) is 5.48. The van der Waals surface area contributed by atoms with E-state index in [-0.39, 0.29) is 13.0 Å². The third-order valence-electron chi connectivity index (χ3n) is 3.71. The van der Waals surface area contributed by atoms with Crippen LogP contribution >= 0.6 is 0 Å². The molecular formula is C18H20F3NO. The zero-order valence-electron chi connectivity index (χ0n) is 12.6. The molecule has 0 bridgehead atoms. The van der Waals surface area contributed by atoms with Gasteiger partial charge in [0, 0.05) is 12.6 Å². The number of rotatable bonds is 7. The van der Waals surface area contributed by atoms with Crippen molar-refractivity contribution in [2.45, 2.75) is 37.7 Å². The van der Waals surface area contributed by atoms with E-state index in [0.717, 1.165) is 11.1 Å². The van der Waals surface area contributed by atoms with Crippen LogP contribution in [0.25, 0.3) is 0 Å². The largest absolute Gasteiger partial charge is 0.415 e. The first-order valence-corrected chi connectivity index (χ1v) is 7.53. The summed E-state index contributed by atoms with van der Waals surface area (Å²) in [5.74, 6) is 0. The van der Waals surface area contributed by atoms with Gasteiger partial charge in [0.1, 0.15) is 0 Å². The van der Waals surface area contributed by atoms with Gasteiger partial charge in [-0.05, 0) is 24.0 Å². The van der Waals surface area contributed by atoms with Crippen LogP contribution in [0, 0.1) is 0 Å². The Morgan fingerprint density at radius 3 is 1.91 bits per heavy atom. The van der Waals surface area contributed by atoms with Crippen LogP contribution in [-0.2, 0) is 13.0 Å². The monoisotopic (exact) mass is 323 g/mol. The third kappa shape index (κ3) is 5.69. The maximum atomic E-state index is 12.9. The molecule has 2 aromatic rings. The summed E-state index contributed by atoms with van der Waals surface area (Å²) in [6.45, 7) is 0.285. The van der Waals surface area contributed by atoms with Crippen LogP contribution in [-0.4, -0.2) is 23.4 Å². The van der Waals surface area contributed by atoms with Gasteiger partial charge in [-0.2, -0.15) is 13.2 Å². The molecule has 0 heterocycles. The topological polar surface area (TPSA) is 32.3 Å². The minimum Gasteiger partial charge on any atom is -0.382 e. The summed E-state index contributed by atoms with van der Waals surface area (Å²) in [5.41, 5.74) is 1.83. The van der Waals surface area contributed by atoms with E-state index in [1.54, 1.807) is 0 Å². The van der Waals surface area contributed by atoms with Gasteiger partial charge in [-0.1, -0.05) is 60.7 Å². The predicted octanol–water partition coefficient (Wildman–Crippen LogP) is 3.70. The molecule has 0 aliphatic carbocycles. The molecule has 0 aromatic heterocycles. The van der Waals surface area contributed by atoms with Crippen LogP contribution in [0.3, 0.4) is 0 Å². The zero-order valence-corrected chi connectivity index (χ0v) is 12.6. The molecule has 23 heavy (non-hydrogen) atoms. The van der Waals surface area contributed by atoms with E-state index in [0.29, 0.717) is 6.42 Å². The maximum Gasteiger partial charge on any atom is 0.415 e. The molecule has 2 aromatic carbocycles. The Bertz CT molecular complexity index is 528. The fourth-order valence-corrected chi connectivity index (χ4v) is 2.41. The highest BCUT2D eigenvalue weighted by atomic mass is 19.4. The van der Waals surface area contributed by atoms with Gasteiger partial charge in [0.15, 0.2) is 6.10 Å². The van der Waals surface area contributed by atoms with Crippen molar-refractivity contribution in [1.82, 2.24) is 5.32 Å². The SMILES string of the molecule is O[C@H]([C@@H](CCc1ccccc1)NCc1ccccc1)C(F)(F)F. The van der Waals surface area contributed by atoms with Gasteiger partial charge in [0.25, 0.3) is 0 Å². The average molecular weight is 323 g/mol. The van der Waals surface area contributed by atoms with Crippen molar-refractivity contribution in [2.24, 2.45) is 0 Å². The van der Waals surface area contributed by atoms with E-state index in [2.05, 4.69) is 5.32 Å². The Morgan fingerprint density at radius 2 is 1.39 bits per heavy atom. The van der Waals surface area contributed by atoms with E-state index in [1.165, 1.54) is 0 Å². The van der Waals surface area contributed by atoms with Crippen molar-refractivity contribution in [3.8, 4) is 0 Å². The smallest absolute Gasteiger partial charge is 0.382 e. The first-order chi connectivity index (χ1) is 11.0. The molecule has 0 spiro atoms. The highest BCUT2D eigenvalue weighted by molar-refractivity contribution is 5.16. The highest BCUT2D eigenvalue weighted by Crippen LogP contribution is 2.24. The number of alkyl halides is 3.